The van der Waals surface area contributed by atoms with Crippen molar-refractivity contribution < 1.29 is 18.0 Å². The van der Waals surface area contributed by atoms with E-state index in [4.69, 9.17) is 5.73 Å². The van der Waals surface area contributed by atoms with Crippen molar-refractivity contribution in [2.45, 2.75) is 13.1 Å². The quantitative estimate of drug-likeness (QED) is 0.836. The molecule has 0 aliphatic carbocycles. The first-order chi connectivity index (χ1) is 9.29. The molecule has 2 aromatic rings. The van der Waals surface area contributed by atoms with E-state index < -0.39 is 23.3 Å². The summed E-state index contributed by atoms with van der Waals surface area (Å²) in [6, 6.07) is 3.21. The molecule has 3 N–H and O–H groups in total. The van der Waals surface area contributed by atoms with Crippen molar-refractivity contribution in [2.24, 2.45) is 0 Å². The number of nitrogens with zero attached hydrogens (tertiary/aromatic N) is 1. The van der Waals surface area contributed by atoms with Gasteiger partial charge in [0.05, 0.1) is 22.5 Å². The molecule has 0 saturated carbocycles. The number of carbonyl (C=O) groups excluding carboxylic acids is 1. The third-order valence-corrected chi connectivity index (χ3v) is 3.37. The molecule has 0 spiro atoms. The third kappa shape index (κ3) is 2.90. The van der Waals surface area contributed by atoms with Crippen molar-refractivity contribution >= 4 is 28.1 Å². The van der Waals surface area contributed by atoms with Crippen LogP contribution in [0.3, 0.4) is 0 Å². The molecule has 0 aliphatic rings. The zero-order valence-electron chi connectivity index (χ0n) is 10.3. The summed E-state index contributed by atoms with van der Waals surface area (Å²) >= 11 is 1.18. The molecule has 0 radical (unpaired) electrons. The third-order valence-electron chi connectivity index (χ3n) is 2.50. The summed E-state index contributed by atoms with van der Waals surface area (Å²) in [6.45, 7) is 1.74. The smallest absolute Gasteiger partial charge is 0.398 e. The van der Waals surface area contributed by atoms with Gasteiger partial charge in [-0.05, 0) is 19.1 Å². The first-order valence-corrected chi connectivity index (χ1v) is 6.36. The van der Waals surface area contributed by atoms with Crippen LogP contribution in [0.5, 0.6) is 0 Å². The van der Waals surface area contributed by atoms with Gasteiger partial charge in [-0.25, -0.2) is 4.98 Å². The Morgan fingerprint density at radius 2 is 2.10 bits per heavy atom. The average Bonchev–Trinajstić information content (AvgIpc) is 2.73. The molecule has 0 saturated heterocycles. The van der Waals surface area contributed by atoms with Gasteiger partial charge in [0.15, 0.2) is 5.13 Å². The molecule has 1 amide bonds. The first-order valence-electron chi connectivity index (χ1n) is 5.48. The molecule has 0 aliphatic heterocycles. The van der Waals surface area contributed by atoms with Crippen LogP contribution in [-0.2, 0) is 6.18 Å². The van der Waals surface area contributed by atoms with E-state index in [1.54, 1.807) is 12.3 Å². The van der Waals surface area contributed by atoms with Crippen molar-refractivity contribution in [3.8, 4) is 0 Å². The van der Waals surface area contributed by atoms with Crippen molar-refractivity contribution in [2.75, 3.05) is 11.1 Å². The van der Waals surface area contributed by atoms with Gasteiger partial charge in [0.25, 0.3) is 5.91 Å². The normalized spacial score (nSPS) is 11.4. The van der Waals surface area contributed by atoms with Gasteiger partial charge < -0.3 is 5.73 Å². The number of benzene rings is 1. The predicted molar refractivity (Wildman–Crippen MR) is 70.7 cm³/mol. The SMILES string of the molecule is Cc1csc(NC(=O)c2cccc(C(F)(F)F)c2N)n1. The number of rotatable bonds is 2. The molecule has 1 aromatic heterocycles. The molecule has 106 valence electrons. The van der Waals surface area contributed by atoms with E-state index in [1.165, 1.54) is 17.4 Å². The second-order valence-corrected chi connectivity index (χ2v) is 4.87. The van der Waals surface area contributed by atoms with Gasteiger partial charge in [-0.2, -0.15) is 13.2 Å². The number of aromatic nitrogens is 1. The Bertz CT molecular complexity index is 652. The van der Waals surface area contributed by atoms with Gasteiger partial charge in [-0.3, -0.25) is 10.1 Å². The number of anilines is 2. The molecule has 1 aromatic carbocycles. The number of hydrogen-bond donors (Lipinski definition) is 2. The molecule has 20 heavy (non-hydrogen) atoms. The van der Waals surface area contributed by atoms with Crippen LogP contribution in [0.4, 0.5) is 24.0 Å². The largest absolute Gasteiger partial charge is 0.418 e. The lowest BCUT2D eigenvalue weighted by atomic mass is 10.1. The summed E-state index contributed by atoms with van der Waals surface area (Å²) in [5.74, 6) is -0.719. The number of thiazole rings is 1. The molecule has 4 nitrogen and oxygen atoms in total. The number of aryl methyl sites for hydroxylation is 1. The fourth-order valence-corrected chi connectivity index (χ4v) is 2.27. The molecule has 8 heteroatoms. The van der Waals surface area contributed by atoms with E-state index in [2.05, 4.69) is 10.3 Å². The van der Waals surface area contributed by atoms with Gasteiger partial charge in [0, 0.05) is 5.38 Å². The monoisotopic (exact) mass is 301 g/mol. The minimum atomic E-state index is -4.60. The lowest BCUT2D eigenvalue weighted by Gasteiger charge is -2.12. The van der Waals surface area contributed by atoms with Crippen LogP contribution in [0.25, 0.3) is 0 Å². The maximum absolute atomic E-state index is 12.7. The number of hydrogen-bond acceptors (Lipinski definition) is 4. The maximum atomic E-state index is 12.7. The Kier molecular flexibility index (Phi) is 3.67. The Morgan fingerprint density at radius 1 is 1.40 bits per heavy atom. The van der Waals surface area contributed by atoms with E-state index in [0.29, 0.717) is 10.8 Å². The summed E-state index contributed by atoms with van der Waals surface area (Å²) in [7, 11) is 0. The Labute approximate surface area is 116 Å². The second kappa shape index (κ2) is 5.12. The number of nitrogens with one attached hydrogen (secondary N) is 1. The van der Waals surface area contributed by atoms with Crippen molar-refractivity contribution in [1.82, 2.24) is 4.98 Å². The van der Waals surface area contributed by atoms with Gasteiger partial charge in [-0.1, -0.05) is 6.07 Å². The van der Waals surface area contributed by atoms with Crippen LogP contribution in [0.1, 0.15) is 21.6 Å². The number of carbonyl (C=O) groups is 1. The molecule has 2 rings (SSSR count). The summed E-state index contributed by atoms with van der Waals surface area (Å²) in [5, 5.41) is 4.44. The molecule has 0 atom stereocenters. The topological polar surface area (TPSA) is 68.0 Å². The van der Waals surface area contributed by atoms with Gasteiger partial charge >= 0.3 is 6.18 Å². The zero-order chi connectivity index (χ0) is 14.9. The highest BCUT2D eigenvalue weighted by molar-refractivity contribution is 7.13. The van der Waals surface area contributed by atoms with E-state index >= 15 is 0 Å². The number of alkyl halides is 3. The van der Waals surface area contributed by atoms with Gasteiger partial charge in [0.1, 0.15) is 0 Å². The lowest BCUT2D eigenvalue weighted by molar-refractivity contribution is -0.136. The standard InChI is InChI=1S/C12H10F3N3OS/c1-6-5-20-11(17-6)18-10(19)7-3-2-4-8(9(7)16)12(13,14)15/h2-5H,16H2,1H3,(H,17,18,19). The lowest BCUT2D eigenvalue weighted by Crippen LogP contribution is -2.17. The van der Waals surface area contributed by atoms with Crippen molar-refractivity contribution in [3.63, 3.8) is 0 Å². The Balaban J connectivity index is 2.31. The van der Waals surface area contributed by atoms with Crippen molar-refractivity contribution in [1.29, 1.82) is 0 Å². The zero-order valence-corrected chi connectivity index (χ0v) is 11.1. The molecule has 0 fully saturated rings. The van der Waals surface area contributed by atoms with Crippen molar-refractivity contribution in [3.05, 3.63) is 40.4 Å². The molecule has 0 unspecified atom stereocenters. The number of amides is 1. The number of nitrogens with two attached hydrogens (primary N) is 1. The molecular weight excluding hydrogens is 291 g/mol. The Hall–Kier alpha value is -2.09. The van der Waals surface area contributed by atoms with Crippen LogP contribution in [-0.4, -0.2) is 10.9 Å². The van der Waals surface area contributed by atoms with Crippen LogP contribution in [0, 0.1) is 6.92 Å². The minimum absolute atomic E-state index is 0.229. The van der Waals surface area contributed by atoms with Crippen LogP contribution < -0.4 is 11.1 Å². The average molecular weight is 301 g/mol. The first kappa shape index (κ1) is 14.3. The molecular formula is C12H10F3N3OS. The van der Waals surface area contributed by atoms with E-state index in [-0.39, 0.29) is 5.56 Å². The maximum Gasteiger partial charge on any atom is 0.418 e. The summed E-state index contributed by atoms with van der Waals surface area (Å²) < 4.78 is 38.1. The number of para-hydroxylation sites is 1. The van der Waals surface area contributed by atoms with Crippen LogP contribution in [0.2, 0.25) is 0 Å². The minimum Gasteiger partial charge on any atom is -0.398 e. The van der Waals surface area contributed by atoms with Gasteiger partial charge in [-0.15, -0.1) is 11.3 Å². The fourth-order valence-electron chi connectivity index (χ4n) is 1.59. The summed E-state index contributed by atoms with van der Waals surface area (Å²) in [5.41, 5.74) is 4.29. The Morgan fingerprint density at radius 3 is 2.65 bits per heavy atom. The van der Waals surface area contributed by atoms with Gasteiger partial charge in [0.2, 0.25) is 0 Å². The van der Waals surface area contributed by atoms with Crippen LogP contribution >= 0.6 is 11.3 Å². The fraction of sp³-hybridized carbons (Fsp3) is 0.167. The predicted octanol–water partition coefficient (Wildman–Crippen LogP) is 3.30. The highest BCUT2D eigenvalue weighted by Crippen LogP contribution is 2.35. The second-order valence-electron chi connectivity index (χ2n) is 4.01. The number of halogens is 3. The van der Waals surface area contributed by atoms with E-state index in [9.17, 15) is 18.0 Å². The highest BCUT2D eigenvalue weighted by Gasteiger charge is 2.34. The highest BCUT2D eigenvalue weighted by atomic mass is 32.1. The van der Waals surface area contributed by atoms with E-state index in [1.807, 2.05) is 0 Å². The summed E-state index contributed by atoms with van der Waals surface area (Å²) in [6.07, 6.45) is -4.60. The molecule has 0 bridgehead atoms. The summed E-state index contributed by atoms with van der Waals surface area (Å²) in [4.78, 5) is 15.9. The van der Waals surface area contributed by atoms with E-state index in [0.717, 1.165) is 12.1 Å². The molecule has 1 heterocycles. The van der Waals surface area contributed by atoms with Crippen LogP contribution in [0.15, 0.2) is 23.6 Å². The number of nitrogen functional groups attached to an aromatic ring is 1.